The smallest absolute Gasteiger partial charge is 0.249 e. The first-order valence-corrected chi connectivity index (χ1v) is 8.64. The summed E-state index contributed by atoms with van der Waals surface area (Å²) in [7, 11) is -3.89. The molecule has 1 aliphatic rings. The molecule has 0 spiro atoms. The quantitative estimate of drug-likeness (QED) is 0.908. The largest absolute Gasteiger partial charge is 0.360 e. The Labute approximate surface area is 134 Å². The molecule has 8 heteroatoms. The molecule has 0 aliphatic carbocycles. The maximum absolute atomic E-state index is 13.1. The van der Waals surface area contributed by atoms with E-state index in [4.69, 9.17) is 4.52 Å². The van der Waals surface area contributed by atoms with E-state index in [1.54, 1.807) is 38.1 Å². The summed E-state index contributed by atoms with van der Waals surface area (Å²) < 4.78 is 32.3. The Morgan fingerprint density at radius 3 is 2.57 bits per heavy atom. The molecule has 3 rings (SSSR count). The number of rotatable bonds is 3. The van der Waals surface area contributed by atoms with Crippen molar-refractivity contribution in [1.82, 2.24) is 14.8 Å². The zero-order valence-electron chi connectivity index (χ0n) is 12.8. The Morgan fingerprint density at radius 2 is 1.96 bits per heavy atom. The van der Waals surface area contributed by atoms with Crippen LogP contribution in [0.5, 0.6) is 0 Å². The minimum absolute atomic E-state index is 0.0353. The van der Waals surface area contributed by atoms with Gasteiger partial charge in [-0.25, -0.2) is 8.42 Å². The van der Waals surface area contributed by atoms with E-state index < -0.39 is 16.1 Å². The van der Waals surface area contributed by atoms with Crippen LogP contribution >= 0.6 is 0 Å². The van der Waals surface area contributed by atoms with Gasteiger partial charge in [-0.3, -0.25) is 4.79 Å². The third-order valence-corrected chi connectivity index (χ3v) is 5.93. The molecule has 1 aromatic heterocycles. The van der Waals surface area contributed by atoms with Gasteiger partial charge in [-0.2, -0.15) is 4.31 Å². The monoisotopic (exact) mass is 335 g/mol. The second kappa shape index (κ2) is 5.78. The average molecular weight is 335 g/mol. The molecule has 2 aromatic rings. The number of carbonyl (C=O) groups excluding carboxylic acids is 1. The molecule has 2 heterocycles. The van der Waals surface area contributed by atoms with Crippen LogP contribution in [0.15, 0.2) is 39.8 Å². The van der Waals surface area contributed by atoms with Crippen molar-refractivity contribution in [3.63, 3.8) is 0 Å². The lowest BCUT2D eigenvalue weighted by molar-refractivity contribution is -0.126. The number of piperazine rings is 1. The summed E-state index contributed by atoms with van der Waals surface area (Å²) in [5.41, 5.74) is 0.917. The first-order chi connectivity index (χ1) is 10.9. The molecule has 1 unspecified atom stereocenters. The first-order valence-electron chi connectivity index (χ1n) is 7.20. The van der Waals surface area contributed by atoms with Gasteiger partial charge in [0.2, 0.25) is 15.9 Å². The van der Waals surface area contributed by atoms with Crippen LogP contribution in [0, 0.1) is 13.8 Å². The summed E-state index contributed by atoms with van der Waals surface area (Å²) in [5, 5.41) is 6.44. The lowest BCUT2D eigenvalue weighted by Gasteiger charge is -2.34. The molecule has 1 aliphatic heterocycles. The zero-order valence-corrected chi connectivity index (χ0v) is 13.6. The van der Waals surface area contributed by atoms with Gasteiger partial charge in [-0.15, -0.1) is 0 Å². The van der Waals surface area contributed by atoms with Crippen LogP contribution in [-0.2, 0) is 14.8 Å². The van der Waals surface area contributed by atoms with Gasteiger partial charge in [0.15, 0.2) is 5.76 Å². The normalized spacial score (nSPS) is 19.6. The van der Waals surface area contributed by atoms with Crippen LogP contribution in [0.25, 0.3) is 0 Å². The molecule has 1 aromatic carbocycles. The summed E-state index contributed by atoms with van der Waals surface area (Å²) in [6.07, 6.45) is 0. The van der Waals surface area contributed by atoms with Gasteiger partial charge in [0.05, 0.1) is 0 Å². The first kappa shape index (κ1) is 15.7. The molecule has 7 nitrogen and oxygen atoms in total. The standard InChI is InChI=1S/C15H17N3O4S/c1-10-14(11(2)22-17-10)23(20,21)18-9-8-16-15(19)13(18)12-6-4-3-5-7-12/h3-7,13H,8-9H2,1-2H3,(H,16,19). The van der Waals surface area contributed by atoms with Crippen LogP contribution in [0.4, 0.5) is 0 Å². The van der Waals surface area contributed by atoms with Crippen LogP contribution in [-0.4, -0.2) is 36.9 Å². The number of hydrogen-bond donors (Lipinski definition) is 1. The third kappa shape index (κ3) is 2.64. The molecule has 1 fully saturated rings. The van der Waals surface area contributed by atoms with Crippen molar-refractivity contribution in [2.75, 3.05) is 13.1 Å². The fraction of sp³-hybridized carbons (Fsp3) is 0.333. The maximum Gasteiger partial charge on any atom is 0.249 e. The van der Waals surface area contributed by atoms with E-state index in [-0.39, 0.29) is 29.7 Å². The summed E-state index contributed by atoms with van der Waals surface area (Å²) in [5.74, 6) is -0.113. The Hall–Kier alpha value is -2.19. The fourth-order valence-corrected chi connectivity index (χ4v) is 4.69. The van der Waals surface area contributed by atoms with Crippen LogP contribution in [0.3, 0.4) is 0 Å². The number of nitrogens with one attached hydrogen (secondary N) is 1. The molecular formula is C15H17N3O4S. The Balaban J connectivity index is 2.10. The minimum atomic E-state index is -3.89. The molecule has 23 heavy (non-hydrogen) atoms. The van der Waals surface area contributed by atoms with Gasteiger partial charge in [-0.1, -0.05) is 35.5 Å². The minimum Gasteiger partial charge on any atom is -0.360 e. The van der Waals surface area contributed by atoms with Crippen molar-refractivity contribution in [3.8, 4) is 0 Å². The van der Waals surface area contributed by atoms with Crippen molar-refractivity contribution in [1.29, 1.82) is 0 Å². The predicted octanol–water partition coefficient (Wildman–Crippen LogP) is 1.15. The number of carbonyl (C=O) groups is 1. The molecule has 0 bridgehead atoms. The zero-order chi connectivity index (χ0) is 16.6. The molecule has 0 saturated carbocycles. The third-order valence-electron chi connectivity index (χ3n) is 3.82. The van der Waals surface area contributed by atoms with Gasteiger partial charge in [0, 0.05) is 13.1 Å². The number of aromatic nitrogens is 1. The molecule has 1 amide bonds. The van der Waals surface area contributed by atoms with Crippen molar-refractivity contribution < 1.29 is 17.7 Å². The van der Waals surface area contributed by atoms with Crippen LogP contribution < -0.4 is 5.32 Å². The van der Waals surface area contributed by atoms with E-state index in [0.29, 0.717) is 11.3 Å². The molecular weight excluding hydrogens is 318 g/mol. The second-order valence-corrected chi connectivity index (χ2v) is 7.20. The van der Waals surface area contributed by atoms with Gasteiger partial charge in [0.1, 0.15) is 16.6 Å². The van der Waals surface area contributed by atoms with Gasteiger partial charge >= 0.3 is 0 Å². The Morgan fingerprint density at radius 1 is 1.26 bits per heavy atom. The number of nitrogens with zero attached hydrogens (tertiary/aromatic N) is 2. The van der Waals surface area contributed by atoms with E-state index in [2.05, 4.69) is 10.5 Å². The molecule has 1 N–H and O–H groups in total. The summed E-state index contributed by atoms with van der Waals surface area (Å²) in [6.45, 7) is 3.59. The number of amides is 1. The fourth-order valence-electron chi connectivity index (χ4n) is 2.82. The maximum atomic E-state index is 13.1. The second-order valence-electron chi connectivity index (χ2n) is 5.37. The van der Waals surface area contributed by atoms with Gasteiger partial charge in [-0.05, 0) is 19.4 Å². The summed E-state index contributed by atoms with van der Waals surface area (Å²) in [6, 6.07) is 7.95. The Bertz CT molecular complexity index is 810. The number of sulfonamides is 1. The highest BCUT2D eigenvalue weighted by molar-refractivity contribution is 7.89. The highest BCUT2D eigenvalue weighted by Crippen LogP contribution is 2.32. The average Bonchev–Trinajstić information content (AvgIpc) is 2.87. The van der Waals surface area contributed by atoms with Crippen molar-refractivity contribution >= 4 is 15.9 Å². The number of benzene rings is 1. The van der Waals surface area contributed by atoms with Crippen LogP contribution in [0.2, 0.25) is 0 Å². The highest BCUT2D eigenvalue weighted by Gasteiger charge is 2.41. The van der Waals surface area contributed by atoms with E-state index in [1.807, 2.05) is 6.07 Å². The van der Waals surface area contributed by atoms with E-state index in [9.17, 15) is 13.2 Å². The lowest BCUT2D eigenvalue weighted by atomic mass is 10.1. The number of aryl methyl sites for hydroxylation is 2. The van der Waals surface area contributed by atoms with Crippen LogP contribution in [0.1, 0.15) is 23.1 Å². The topological polar surface area (TPSA) is 92.5 Å². The lowest BCUT2D eigenvalue weighted by Crippen LogP contribution is -2.52. The van der Waals surface area contributed by atoms with Crippen molar-refractivity contribution in [2.24, 2.45) is 0 Å². The van der Waals surface area contributed by atoms with Crippen molar-refractivity contribution in [2.45, 2.75) is 24.8 Å². The van der Waals surface area contributed by atoms with E-state index >= 15 is 0 Å². The molecule has 1 saturated heterocycles. The van der Waals surface area contributed by atoms with Crippen molar-refractivity contribution in [3.05, 3.63) is 47.3 Å². The molecule has 1 atom stereocenters. The van der Waals surface area contributed by atoms with E-state index in [0.717, 1.165) is 0 Å². The van der Waals surface area contributed by atoms with Gasteiger partial charge in [0.25, 0.3) is 0 Å². The Kier molecular flexibility index (Phi) is 3.95. The SMILES string of the molecule is Cc1noc(C)c1S(=O)(=O)N1CCNC(=O)C1c1ccccc1. The van der Waals surface area contributed by atoms with E-state index in [1.165, 1.54) is 4.31 Å². The summed E-state index contributed by atoms with van der Waals surface area (Å²) in [4.78, 5) is 12.4. The van der Waals surface area contributed by atoms with Gasteiger partial charge < -0.3 is 9.84 Å². The highest BCUT2D eigenvalue weighted by atomic mass is 32.2. The number of hydrogen-bond acceptors (Lipinski definition) is 5. The molecule has 122 valence electrons. The predicted molar refractivity (Wildman–Crippen MR) is 82.1 cm³/mol. The summed E-state index contributed by atoms with van der Waals surface area (Å²) >= 11 is 0. The molecule has 0 radical (unpaired) electrons.